The van der Waals surface area contributed by atoms with Crippen LogP contribution in [0.4, 0.5) is 0 Å². The number of hydrogen-bond acceptors (Lipinski definition) is 2. The van der Waals surface area contributed by atoms with E-state index in [-0.39, 0.29) is 3.74 Å². The summed E-state index contributed by atoms with van der Waals surface area (Å²) in [5.74, 6) is -0.987. The molecule has 2 aromatic rings. The minimum Gasteiger partial charge on any atom is -0.285 e. The maximum atomic E-state index is 12.3. The van der Waals surface area contributed by atoms with E-state index in [1.165, 1.54) is 0 Å². The first-order chi connectivity index (χ1) is 9.11. The first kappa shape index (κ1) is 14.2. The zero-order valence-electron chi connectivity index (χ0n) is 9.85. The van der Waals surface area contributed by atoms with Crippen LogP contribution in [0.15, 0.2) is 54.6 Å². The molecule has 0 bridgehead atoms. The zero-order valence-corrected chi connectivity index (χ0v) is 13.0. The van der Waals surface area contributed by atoms with Crippen molar-refractivity contribution in [2.75, 3.05) is 0 Å². The van der Waals surface area contributed by atoms with E-state index in [2.05, 4.69) is 31.9 Å². The minimum absolute atomic E-state index is 0.163. The molecular weight excluding hydrogens is 372 g/mol. The number of halogens is 2. The van der Waals surface area contributed by atoms with Gasteiger partial charge in [-0.15, -0.1) is 0 Å². The fraction of sp³-hybridized carbons (Fsp3) is 0.0667. The number of carbonyl (C=O) groups excluding carboxylic acids is 2. The van der Waals surface area contributed by atoms with Gasteiger partial charge < -0.3 is 0 Å². The smallest absolute Gasteiger partial charge is 0.233 e. The summed E-state index contributed by atoms with van der Waals surface area (Å²) >= 11 is 6.72. The Bertz CT molecular complexity index is 607. The topological polar surface area (TPSA) is 34.1 Å². The Hall–Kier alpha value is -1.26. The summed E-state index contributed by atoms with van der Waals surface area (Å²) in [4.78, 5) is 24.4. The summed E-state index contributed by atoms with van der Waals surface area (Å²) in [5.41, 5.74) is 1.56. The second-order valence-electron chi connectivity index (χ2n) is 3.91. The summed E-state index contributed by atoms with van der Waals surface area (Å²) in [5, 5.41) is 0. The Morgan fingerprint density at radius 3 is 2.00 bits per heavy atom. The fourth-order valence-corrected chi connectivity index (χ4v) is 2.54. The average molecular weight is 382 g/mol. The van der Waals surface area contributed by atoms with Gasteiger partial charge in [0.1, 0.15) is 0 Å². The second kappa shape index (κ2) is 6.26. The van der Waals surface area contributed by atoms with Gasteiger partial charge in [0.15, 0.2) is 0 Å². The van der Waals surface area contributed by atoms with Crippen LogP contribution in [0, 0.1) is 0 Å². The summed E-state index contributed by atoms with van der Waals surface area (Å²) in [6.07, 6.45) is 0. The van der Waals surface area contributed by atoms with Crippen molar-refractivity contribution >= 4 is 43.4 Å². The van der Waals surface area contributed by atoms with Gasteiger partial charge in [-0.2, -0.15) is 0 Å². The Morgan fingerprint density at radius 2 is 1.37 bits per heavy atom. The maximum Gasteiger partial charge on any atom is 0.233 e. The van der Waals surface area contributed by atoms with Gasteiger partial charge in [0, 0.05) is 11.1 Å². The van der Waals surface area contributed by atoms with Crippen molar-refractivity contribution in [1.82, 2.24) is 0 Å². The third kappa shape index (κ3) is 3.19. The van der Waals surface area contributed by atoms with Crippen LogP contribution < -0.4 is 0 Å². The molecule has 0 aromatic heterocycles. The number of benzene rings is 2. The third-order valence-corrected chi connectivity index (χ3v) is 3.67. The Balaban J connectivity index is 2.38. The van der Waals surface area contributed by atoms with Gasteiger partial charge in [0.2, 0.25) is 11.6 Å². The summed E-state index contributed by atoms with van der Waals surface area (Å²) in [6, 6.07) is 15.6. The number of carbonyl (C=O) groups is 2. The van der Waals surface area contributed by atoms with Crippen LogP contribution >= 0.6 is 31.9 Å². The summed E-state index contributed by atoms with van der Waals surface area (Å²) in [6.45, 7) is 0. The normalized spacial score (nSPS) is 10.5. The number of rotatable bonds is 4. The Kier molecular flexibility index (Phi) is 4.66. The SMILES string of the molecule is O=C(C(=O)c1ccccc1C(Br)Br)c1ccccc1. The molecule has 2 rings (SSSR count). The molecule has 0 fully saturated rings. The predicted molar refractivity (Wildman–Crippen MR) is 82.1 cm³/mol. The Labute approximate surface area is 128 Å². The third-order valence-electron chi connectivity index (χ3n) is 2.68. The Morgan fingerprint density at radius 1 is 0.789 bits per heavy atom. The molecule has 4 heteroatoms. The number of Topliss-reactive ketones (excluding diaryl/α,β-unsaturated/α-hetero) is 2. The lowest BCUT2D eigenvalue weighted by Crippen LogP contribution is -2.16. The highest BCUT2D eigenvalue weighted by Gasteiger charge is 2.22. The molecule has 0 unspecified atom stereocenters. The zero-order chi connectivity index (χ0) is 13.8. The van der Waals surface area contributed by atoms with Gasteiger partial charge in [-0.25, -0.2) is 0 Å². The molecule has 0 radical (unpaired) electrons. The maximum absolute atomic E-state index is 12.3. The molecule has 0 spiro atoms. The standard InChI is InChI=1S/C15H10Br2O2/c16-15(17)12-9-5-4-8-11(12)14(19)13(18)10-6-2-1-3-7-10/h1-9,15H. The van der Waals surface area contributed by atoms with Crippen molar-refractivity contribution in [3.8, 4) is 0 Å². The molecule has 0 amide bonds. The highest BCUT2D eigenvalue weighted by molar-refractivity contribution is 9.24. The van der Waals surface area contributed by atoms with Gasteiger partial charge in [-0.05, 0) is 5.56 Å². The lowest BCUT2D eigenvalue weighted by molar-refractivity contribution is 0.0816. The van der Waals surface area contributed by atoms with Crippen LogP contribution in [0.25, 0.3) is 0 Å². The molecule has 96 valence electrons. The van der Waals surface area contributed by atoms with Gasteiger partial charge in [-0.3, -0.25) is 9.59 Å². The fourth-order valence-electron chi connectivity index (χ4n) is 1.74. The molecule has 0 atom stereocenters. The lowest BCUT2D eigenvalue weighted by atomic mass is 9.98. The lowest BCUT2D eigenvalue weighted by Gasteiger charge is -2.08. The minimum atomic E-state index is -0.495. The van der Waals surface area contributed by atoms with Crippen LogP contribution in [-0.2, 0) is 0 Å². The first-order valence-electron chi connectivity index (χ1n) is 5.62. The molecule has 0 saturated heterocycles. The van der Waals surface area contributed by atoms with Gasteiger partial charge in [0.25, 0.3) is 0 Å². The predicted octanol–water partition coefficient (Wildman–Crippen LogP) is 4.54. The van der Waals surface area contributed by atoms with Gasteiger partial charge >= 0.3 is 0 Å². The van der Waals surface area contributed by atoms with Crippen LogP contribution in [0.2, 0.25) is 0 Å². The molecule has 19 heavy (non-hydrogen) atoms. The quantitative estimate of drug-likeness (QED) is 0.442. The van der Waals surface area contributed by atoms with Crippen molar-refractivity contribution in [2.45, 2.75) is 3.74 Å². The van der Waals surface area contributed by atoms with Gasteiger partial charge in [-0.1, -0.05) is 86.5 Å². The molecule has 0 aliphatic rings. The van der Waals surface area contributed by atoms with E-state index in [9.17, 15) is 9.59 Å². The summed E-state index contributed by atoms with van der Waals surface area (Å²) in [7, 11) is 0. The van der Waals surface area contributed by atoms with Crippen LogP contribution in [0.1, 0.15) is 30.0 Å². The molecule has 0 saturated carbocycles. The molecule has 0 aliphatic heterocycles. The van der Waals surface area contributed by atoms with E-state index in [0.717, 1.165) is 5.56 Å². The molecule has 2 aromatic carbocycles. The van der Waals surface area contributed by atoms with E-state index >= 15 is 0 Å². The van der Waals surface area contributed by atoms with E-state index in [1.807, 2.05) is 12.1 Å². The van der Waals surface area contributed by atoms with Crippen molar-refractivity contribution in [3.05, 3.63) is 71.3 Å². The van der Waals surface area contributed by atoms with Crippen LogP contribution in [0.3, 0.4) is 0 Å². The molecular formula is C15H10Br2O2. The second-order valence-corrected chi connectivity index (χ2v) is 6.97. The molecule has 2 nitrogen and oxygen atoms in total. The highest BCUT2D eigenvalue weighted by atomic mass is 79.9. The monoisotopic (exact) mass is 380 g/mol. The van der Waals surface area contributed by atoms with E-state index < -0.39 is 11.6 Å². The van der Waals surface area contributed by atoms with E-state index in [0.29, 0.717) is 11.1 Å². The van der Waals surface area contributed by atoms with Gasteiger partial charge in [0.05, 0.1) is 3.74 Å². The number of hydrogen-bond donors (Lipinski definition) is 0. The average Bonchev–Trinajstić information content (AvgIpc) is 2.46. The molecule has 0 heterocycles. The van der Waals surface area contributed by atoms with Crippen molar-refractivity contribution in [3.63, 3.8) is 0 Å². The highest BCUT2D eigenvalue weighted by Crippen LogP contribution is 2.32. The largest absolute Gasteiger partial charge is 0.285 e. The van der Waals surface area contributed by atoms with Crippen molar-refractivity contribution in [2.24, 2.45) is 0 Å². The van der Waals surface area contributed by atoms with E-state index in [1.54, 1.807) is 42.5 Å². The number of ketones is 2. The molecule has 0 aliphatic carbocycles. The molecule has 0 N–H and O–H groups in total. The van der Waals surface area contributed by atoms with Crippen LogP contribution in [0.5, 0.6) is 0 Å². The van der Waals surface area contributed by atoms with Crippen molar-refractivity contribution < 1.29 is 9.59 Å². The number of alkyl halides is 2. The summed E-state index contributed by atoms with van der Waals surface area (Å²) < 4.78 is -0.163. The van der Waals surface area contributed by atoms with Crippen LogP contribution in [-0.4, -0.2) is 11.6 Å². The van der Waals surface area contributed by atoms with E-state index in [4.69, 9.17) is 0 Å². The van der Waals surface area contributed by atoms with Crippen molar-refractivity contribution in [1.29, 1.82) is 0 Å². The first-order valence-corrected chi connectivity index (χ1v) is 7.45.